The lowest BCUT2D eigenvalue weighted by Crippen LogP contribution is -2.42. The number of rotatable bonds is 8. The quantitative estimate of drug-likeness (QED) is 0.540. The van der Waals surface area contributed by atoms with Gasteiger partial charge in [-0.15, -0.1) is 0 Å². The summed E-state index contributed by atoms with van der Waals surface area (Å²) in [7, 11) is 0. The molecule has 0 radical (unpaired) electrons. The normalized spacial score (nSPS) is 20.0. The second-order valence-corrected chi connectivity index (χ2v) is 9.35. The van der Waals surface area contributed by atoms with Crippen molar-refractivity contribution < 1.29 is 24.2 Å². The molecule has 1 saturated carbocycles. The number of fused-ring (bicyclic) bond motifs is 3. The van der Waals surface area contributed by atoms with Crippen molar-refractivity contribution in [2.75, 3.05) is 13.2 Å². The Balaban J connectivity index is 1.21. The molecular formula is C27H32N2O5. The van der Waals surface area contributed by atoms with Gasteiger partial charge in [0.1, 0.15) is 6.61 Å². The number of carbonyl (C=O) groups is 3. The fraction of sp³-hybridized carbons (Fsp3) is 0.444. The maximum atomic E-state index is 12.5. The molecule has 3 unspecified atom stereocenters. The van der Waals surface area contributed by atoms with Crippen molar-refractivity contribution in [2.24, 2.45) is 11.8 Å². The van der Waals surface area contributed by atoms with E-state index < -0.39 is 12.1 Å². The van der Waals surface area contributed by atoms with Gasteiger partial charge < -0.3 is 20.5 Å². The molecule has 2 aromatic carbocycles. The summed E-state index contributed by atoms with van der Waals surface area (Å²) in [5, 5.41) is 14.9. The molecule has 0 saturated heterocycles. The van der Waals surface area contributed by atoms with Crippen molar-refractivity contribution in [2.45, 2.75) is 51.0 Å². The van der Waals surface area contributed by atoms with E-state index in [1.807, 2.05) is 31.2 Å². The molecule has 2 aliphatic carbocycles. The molecule has 2 amide bonds. The number of hydrogen-bond acceptors (Lipinski definition) is 4. The van der Waals surface area contributed by atoms with Crippen LogP contribution in [-0.4, -0.2) is 42.3 Å². The van der Waals surface area contributed by atoms with Crippen molar-refractivity contribution in [3.63, 3.8) is 0 Å². The van der Waals surface area contributed by atoms with Crippen molar-refractivity contribution in [1.82, 2.24) is 10.6 Å². The lowest BCUT2D eigenvalue weighted by atomic mass is 9.85. The zero-order chi connectivity index (χ0) is 24.1. The number of amides is 2. The van der Waals surface area contributed by atoms with Gasteiger partial charge in [0.15, 0.2) is 0 Å². The first-order valence-electron chi connectivity index (χ1n) is 12.1. The average Bonchev–Trinajstić information content (AvgIpc) is 3.16. The van der Waals surface area contributed by atoms with Gasteiger partial charge in [-0.25, -0.2) is 4.79 Å². The number of hydrogen-bond donors (Lipinski definition) is 3. The van der Waals surface area contributed by atoms with Gasteiger partial charge in [0.05, 0.1) is 5.92 Å². The summed E-state index contributed by atoms with van der Waals surface area (Å²) in [6, 6.07) is 16.3. The topological polar surface area (TPSA) is 105 Å². The fourth-order valence-electron chi connectivity index (χ4n) is 5.06. The highest BCUT2D eigenvalue weighted by molar-refractivity contribution is 5.80. The second-order valence-electron chi connectivity index (χ2n) is 9.35. The van der Waals surface area contributed by atoms with Crippen molar-refractivity contribution in [3.05, 3.63) is 59.7 Å². The molecule has 7 nitrogen and oxygen atoms in total. The summed E-state index contributed by atoms with van der Waals surface area (Å²) in [5.74, 6) is -1.57. The molecule has 0 heterocycles. The minimum atomic E-state index is -0.792. The smallest absolute Gasteiger partial charge is 0.407 e. The molecule has 2 aliphatic rings. The Morgan fingerprint density at radius 1 is 1.03 bits per heavy atom. The number of ether oxygens (including phenoxy) is 1. The summed E-state index contributed by atoms with van der Waals surface area (Å²) in [6.07, 6.45) is 2.74. The number of aliphatic carboxylic acids is 1. The van der Waals surface area contributed by atoms with Crippen LogP contribution in [0.5, 0.6) is 0 Å². The standard InChI is InChI=1S/C27H32N2O5/c1-17(25(30)29-19-8-6-7-18(15-19)26(31)32)13-14-28-27(33)34-16-24-22-11-4-2-9-20(22)21-10-3-5-12-23(21)24/h2-5,9-12,17-19,24H,6-8,13-16H2,1H3,(H,28,33)(H,29,30)(H,31,32). The van der Waals surface area contributed by atoms with E-state index in [9.17, 15) is 19.5 Å². The van der Waals surface area contributed by atoms with Crippen LogP contribution >= 0.6 is 0 Å². The fourth-order valence-corrected chi connectivity index (χ4v) is 5.06. The Bertz CT molecular complexity index is 1010. The molecular weight excluding hydrogens is 432 g/mol. The summed E-state index contributed by atoms with van der Waals surface area (Å²) in [5.41, 5.74) is 4.68. The van der Waals surface area contributed by atoms with E-state index in [4.69, 9.17) is 4.74 Å². The van der Waals surface area contributed by atoms with Crippen LogP contribution in [-0.2, 0) is 14.3 Å². The minimum absolute atomic E-state index is 0.00738. The molecule has 34 heavy (non-hydrogen) atoms. The van der Waals surface area contributed by atoms with Crippen molar-refractivity contribution >= 4 is 18.0 Å². The first-order chi connectivity index (χ1) is 16.4. The monoisotopic (exact) mass is 464 g/mol. The van der Waals surface area contributed by atoms with Gasteiger partial charge in [0.2, 0.25) is 5.91 Å². The molecule has 7 heteroatoms. The lowest BCUT2D eigenvalue weighted by molar-refractivity contribution is -0.143. The van der Waals surface area contributed by atoms with Crippen LogP contribution in [0.4, 0.5) is 4.79 Å². The third kappa shape index (κ3) is 5.41. The summed E-state index contributed by atoms with van der Waals surface area (Å²) in [6.45, 7) is 2.39. The van der Waals surface area contributed by atoms with E-state index >= 15 is 0 Å². The number of carboxylic acids is 1. The second kappa shape index (κ2) is 10.7. The van der Waals surface area contributed by atoms with E-state index in [1.165, 1.54) is 11.1 Å². The van der Waals surface area contributed by atoms with Crippen LogP contribution < -0.4 is 10.6 Å². The van der Waals surface area contributed by atoms with Crippen LogP contribution in [0.3, 0.4) is 0 Å². The van der Waals surface area contributed by atoms with Gasteiger partial charge in [-0.05, 0) is 47.9 Å². The molecule has 0 spiro atoms. The number of nitrogens with one attached hydrogen (secondary N) is 2. The predicted octanol–water partition coefficient (Wildman–Crippen LogP) is 4.31. The zero-order valence-electron chi connectivity index (χ0n) is 19.5. The Morgan fingerprint density at radius 2 is 1.68 bits per heavy atom. The van der Waals surface area contributed by atoms with E-state index in [1.54, 1.807) is 0 Å². The molecule has 2 aromatic rings. The first-order valence-corrected chi connectivity index (χ1v) is 12.1. The van der Waals surface area contributed by atoms with E-state index in [0.29, 0.717) is 25.8 Å². The third-order valence-electron chi connectivity index (χ3n) is 7.01. The maximum Gasteiger partial charge on any atom is 0.407 e. The highest BCUT2D eigenvalue weighted by Crippen LogP contribution is 2.44. The highest BCUT2D eigenvalue weighted by atomic mass is 16.5. The summed E-state index contributed by atoms with van der Waals surface area (Å²) in [4.78, 5) is 36.0. The third-order valence-corrected chi connectivity index (χ3v) is 7.01. The number of carbonyl (C=O) groups excluding carboxylic acids is 2. The average molecular weight is 465 g/mol. The van der Waals surface area contributed by atoms with Gasteiger partial charge in [0.25, 0.3) is 0 Å². The van der Waals surface area contributed by atoms with Gasteiger partial charge in [-0.3, -0.25) is 9.59 Å². The minimum Gasteiger partial charge on any atom is -0.481 e. The van der Waals surface area contributed by atoms with E-state index in [-0.39, 0.29) is 36.3 Å². The molecule has 1 fully saturated rings. The van der Waals surface area contributed by atoms with Crippen LogP contribution in [0.15, 0.2) is 48.5 Å². The molecule has 4 rings (SSSR count). The SMILES string of the molecule is CC(CCNC(=O)OCC1c2ccccc2-c2ccccc21)C(=O)NC1CCCC(C(=O)O)C1. The Morgan fingerprint density at radius 3 is 2.32 bits per heavy atom. The molecule has 0 bridgehead atoms. The molecule has 0 aliphatic heterocycles. The van der Waals surface area contributed by atoms with Crippen molar-refractivity contribution in [1.29, 1.82) is 0 Å². The Hall–Kier alpha value is -3.35. The Kier molecular flexibility index (Phi) is 7.50. The van der Waals surface area contributed by atoms with E-state index in [2.05, 4.69) is 34.9 Å². The van der Waals surface area contributed by atoms with E-state index in [0.717, 1.165) is 24.0 Å². The predicted molar refractivity (Wildman–Crippen MR) is 128 cm³/mol. The van der Waals surface area contributed by atoms with Crippen LogP contribution in [0.25, 0.3) is 11.1 Å². The van der Waals surface area contributed by atoms with Crippen LogP contribution in [0, 0.1) is 11.8 Å². The van der Waals surface area contributed by atoms with Gasteiger partial charge in [-0.2, -0.15) is 0 Å². The van der Waals surface area contributed by atoms with Gasteiger partial charge >= 0.3 is 12.1 Å². The highest BCUT2D eigenvalue weighted by Gasteiger charge is 2.30. The van der Waals surface area contributed by atoms with Crippen LogP contribution in [0.2, 0.25) is 0 Å². The number of carboxylic acid groups (broad SMARTS) is 1. The molecule has 0 aromatic heterocycles. The number of benzene rings is 2. The number of alkyl carbamates (subject to hydrolysis) is 1. The molecule has 180 valence electrons. The summed E-state index contributed by atoms with van der Waals surface area (Å²) < 4.78 is 5.53. The molecule has 3 atom stereocenters. The van der Waals surface area contributed by atoms with Crippen LogP contribution in [0.1, 0.15) is 56.1 Å². The van der Waals surface area contributed by atoms with Gasteiger partial charge in [-0.1, -0.05) is 61.9 Å². The maximum absolute atomic E-state index is 12.5. The zero-order valence-corrected chi connectivity index (χ0v) is 19.5. The van der Waals surface area contributed by atoms with Crippen molar-refractivity contribution in [3.8, 4) is 11.1 Å². The lowest BCUT2D eigenvalue weighted by Gasteiger charge is -2.28. The first kappa shape index (κ1) is 23.8. The summed E-state index contributed by atoms with van der Waals surface area (Å²) >= 11 is 0. The van der Waals surface area contributed by atoms with Gasteiger partial charge in [0, 0.05) is 24.4 Å². The Labute approximate surface area is 199 Å². The largest absolute Gasteiger partial charge is 0.481 e. The molecule has 3 N–H and O–H groups in total.